The van der Waals surface area contributed by atoms with Gasteiger partial charge in [0.1, 0.15) is 0 Å². The van der Waals surface area contributed by atoms with Crippen LogP contribution >= 0.6 is 0 Å². The summed E-state index contributed by atoms with van der Waals surface area (Å²) in [6.45, 7) is 14.3. The average Bonchev–Trinajstić information content (AvgIpc) is 2.66. The lowest BCUT2D eigenvalue weighted by atomic mass is 9.66. The molecule has 2 fully saturated rings. The Labute approximate surface area is 132 Å². The zero-order valence-electron chi connectivity index (χ0n) is 14.8. The predicted molar refractivity (Wildman–Crippen MR) is 91.9 cm³/mol. The molecule has 0 aromatic rings. The Bertz CT molecular complexity index is 408. The second-order valence-electron chi connectivity index (χ2n) is 8.78. The van der Waals surface area contributed by atoms with E-state index in [0.29, 0.717) is 12.0 Å². The van der Waals surface area contributed by atoms with Gasteiger partial charge in [-0.05, 0) is 55.1 Å². The van der Waals surface area contributed by atoms with Crippen molar-refractivity contribution in [2.75, 3.05) is 6.61 Å². The van der Waals surface area contributed by atoms with Gasteiger partial charge in [-0.3, -0.25) is 0 Å². The molecule has 21 heavy (non-hydrogen) atoms. The fourth-order valence-corrected chi connectivity index (χ4v) is 5.50. The van der Waals surface area contributed by atoms with Crippen molar-refractivity contribution >= 4 is 8.32 Å². The van der Waals surface area contributed by atoms with Crippen molar-refractivity contribution < 1.29 is 9.53 Å². The van der Waals surface area contributed by atoms with E-state index in [0.717, 1.165) is 6.42 Å². The summed E-state index contributed by atoms with van der Waals surface area (Å²) >= 11 is 0. The molecular formula is C18H34O2Si. The molecule has 122 valence electrons. The Hall–Kier alpha value is -0.123. The Morgan fingerprint density at radius 3 is 2.57 bits per heavy atom. The molecule has 2 aliphatic carbocycles. The molecule has 0 aromatic heterocycles. The monoisotopic (exact) mass is 310 g/mol. The van der Waals surface area contributed by atoms with E-state index in [1.165, 1.54) is 31.3 Å². The molecule has 2 aliphatic rings. The van der Waals surface area contributed by atoms with E-state index >= 15 is 0 Å². The second kappa shape index (κ2) is 5.82. The van der Waals surface area contributed by atoms with Crippen LogP contribution in [-0.4, -0.2) is 26.1 Å². The van der Waals surface area contributed by atoms with Gasteiger partial charge in [0, 0.05) is 6.10 Å². The number of aliphatic hydroxyl groups excluding tert-OH is 1. The molecule has 0 amide bonds. The standard InChI is InChI=1S/C18H34O2Si/c1-17(2,3)21(5,6)20-16-8-7-12-18(4)14(11-13-19)9-10-15(16)18/h11,15-16,19H,7-10,12-13H2,1-6H3/b14-11+/t15-,16-,18+/m0/s1. The maximum Gasteiger partial charge on any atom is 0.192 e. The van der Waals surface area contributed by atoms with Gasteiger partial charge in [-0.1, -0.05) is 45.8 Å². The molecule has 0 heterocycles. The van der Waals surface area contributed by atoms with E-state index in [-0.39, 0.29) is 17.1 Å². The van der Waals surface area contributed by atoms with Gasteiger partial charge in [0.2, 0.25) is 0 Å². The molecule has 0 aliphatic heterocycles. The van der Waals surface area contributed by atoms with E-state index in [1.54, 1.807) is 0 Å². The first-order valence-electron chi connectivity index (χ1n) is 8.60. The first-order chi connectivity index (χ1) is 9.62. The van der Waals surface area contributed by atoms with Crippen LogP contribution in [0.25, 0.3) is 0 Å². The molecule has 3 heteroatoms. The zero-order chi connectivity index (χ0) is 15.9. The van der Waals surface area contributed by atoms with Crippen molar-refractivity contribution in [3.8, 4) is 0 Å². The van der Waals surface area contributed by atoms with E-state index in [9.17, 15) is 5.11 Å². The van der Waals surface area contributed by atoms with Crippen molar-refractivity contribution in [2.45, 2.75) is 84.0 Å². The van der Waals surface area contributed by atoms with Crippen molar-refractivity contribution in [1.29, 1.82) is 0 Å². The average molecular weight is 311 g/mol. The molecule has 0 bridgehead atoms. The van der Waals surface area contributed by atoms with Crippen molar-refractivity contribution in [2.24, 2.45) is 11.3 Å². The summed E-state index contributed by atoms with van der Waals surface area (Å²) in [6, 6.07) is 0. The van der Waals surface area contributed by atoms with Gasteiger partial charge in [-0.25, -0.2) is 0 Å². The number of allylic oxidation sites excluding steroid dienone is 1. The van der Waals surface area contributed by atoms with Crippen LogP contribution in [0.5, 0.6) is 0 Å². The molecule has 0 radical (unpaired) electrons. The van der Waals surface area contributed by atoms with Gasteiger partial charge in [-0.15, -0.1) is 0 Å². The molecule has 0 saturated heterocycles. The third-order valence-corrected chi connectivity index (χ3v) is 11.0. The minimum absolute atomic E-state index is 0.186. The fraction of sp³-hybridized carbons (Fsp3) is 0.889. The molecule has 1 N–H and O–H groups in total. The topological polar surface area (TPSA) is 29.5 Å². The van der Waals surface area contributed by atoms with E-state index < -0.39 is 8.32 Å². The smallest absolute Gasteiger partial charge is 0.192 e. The van der Waals surface area contributed by atoms with E-state index in [2.05, 4.69) is 46.9 Å². The van der Waals surface area contributed by atoms with Crippen LogP contribution < -0.4 is 0 Å². The first-order valence-corrected chi connectivity index (χ1v) is 11.5. The van der Waals surface area contributed by atoms with E-state index in [4.69, 9.17) is 4.43 Å². The number of aliphatic hydroxyl groups is 1. The number of hydrogen-bond acceptors (Lipinski definition) is 2. The summed E-state index contributed by atoms with van der Waals surface area (Å²) in [4.78, 5) is 0. The van der Waals surface area contributed by atoms with Gasteiger partial charge in [0.25, 0.3) is 0 Å². The minimum Gasteiger partial charge on any atom is -0.414 e. The third kappa shape index (κ3) is 3.15. The Morgan fingerprint density at radius 2 is 2.00 bits per heavy atom. The number of fused-ring (bicyclic) bond motifs is 1. The van der Waals surface area contributed by atoms with Crippen molar-refractivity contribution in [1.82, 2.24) is 0 Å². The molecule has 0 unspecified atom stereocenters. The third-order valence-electron chi connectivity index (χ3n) is 6.50. The maximum absolute atomic E-state index is 9.29. The summed E-state index contributed by atoms with van der Waals surface area (Å²) in [5.74, 6) is 0.651. The quantitative estimate of drug-likeness (QED) is 0.593. The van der Waals surface area contributed by atoms with Gasteiger partial charge in [-0.2, -0.15) is 0 Å². The Morgan fingerprint density at radius 1 is 1.33 bits per heavy atom. The Kier molecular flexibility index (Phi) is 4.78. The number of hydrogen-bond donors (Lipinski definition) is 1. The lowest BCUT2D eigenvalue weighted by molar-refractivity contribution is 0.0231. The summed E-state index contributed by atoms with van der Waals surface area (Å²) in [5, 5.41) is 9.57. The van der Waals surface area contributed by atoms with Crippen LogP contribution in [0.3, 0.4) is 0 Å². The van der Waals surface area contributed by atoms with Crippen LogP contribution in [0, 0.1) is 11.3 Å². The molecule has 2 nitrogen and oxygen atoms in total. The molecule has 2 saturated carbocycles. The van der Waals surface area contributed by atoms with Crippen molar-refractivity contribution in [3.05, 3.63) is 11.6 Å². The maximum atomic E-state index is 9.29. The van der Waals surface area contributed by atoms with Gasteiger partial charge >= 0.3 is 0 Å². The highest BCUT2D eigenvalue weighted by Gasteiger charge is 2.51. The summed E-state index contributed by atoms with van der Waals surface area (Å²) in [5.41, 5.74) is 1.76. The highest BCUT2D eigenvalue weighted by molar-refractivity contribution is 6.74. The molecule has 3 atom stereocenters. The van der Waals surface area contributed by atoms with Crippen molar-refractivity contribution in [3.63, 3.8) is 0 Å². The Balaban J connectivity index is 2.19. The lowest BCUT2D eigenvalue weighted by Gasteiger charge is -2.47. The minimum atomic E-state index is -1.69. The highest BCUT2D eigenvalue weighted by atomic mass is 28.4. The van der Waals surface area contributed by atoms with Gasteiger partial charge in [0.15, 0.2) is 8.32 Å². The zero-order valence-corrected chi connectivity index (χ0v) is 15.8. The second-order valence-corrected chi connectivity index (χ2v) is 13.5. The largest absolute Gasteiger partial charge is 0.414 e. The van der Waals surface area contributed by atoms with E-state index in [1.807, 2.05) is 0 Å². The summed E-state index contributed by atoms with van der Waals surface area (Å²) < 4.78 is 6.80. The molecule has 2 rings (SSSR count). The van der Waals surface area contributed by atoms with Gasteiger partial charge in [0.05, 0.1) is 6.61 Å². The fourth-order valence-electron chi connectivity index (χ4n) is 4.11. The van der Waals surface area contributed by atoms with Crippen LogP contribution in [-0.2, 0) is 4.43 Å². The van der Waals surface area contributed by atoms with Crippen LogP contribution in [0.1, 0.15) is 59.8 Å². The molecular weight excluding hydrogens is 276 g/mol. The number of rotatable bonds is 3. The molecule has 0 aromatic carbocycles. The normalized spacial score (nSPS) is 36.0. The van der Waals surface area contributed by atoms with Crippen LogP contribution in [0.15, 0.2) is 11.6 Å². The van der Waals surface area contributed by atoms with Crippen LogP contribution in [0.2, 0.25) is 18.1 Å². The highest BCUT2D eigenvalue weighted by Crippen LogP contribution is 2.56. The van der Waals surface area contributed by atoms with Crippen LogP contribution in [0.4, 0.5) is 0 Å². The summed E-state index contributed by atoms with van der Waals surface area (Å²) in [7, 11) is -1.69. The van der Waals surface area contributed by atoms with Gasteiger partial charge < -0.3 is 9.53 Å². The SMILES string of the molecule is CC(C)(C)[Si](C)(C)O[C@H]1CCC[C@]2(C)/C(=C/CO)CC[C@@H]12. The predicted octanol–water partition coefficient (Wildman–Crippen LogP) is 4.90. The molecule has 0 spiro atoms. The lowest BCUT2D eigenvalue weighted by Crippen LogP contribution is -2.49. The first kappa shape index (κ1) is 17.2. The summed E-state index contributed by atoms with van der Waals surface area (Å²) in [6.07, 6.45) is 8.62.